The SMILES string of the molecule is O=C(NCC1CCCCCC1)c1ccc2nc(Cc3cccc(F)c3O)[nH]c2c1. The highest BCUT2D eigenvalue weighted by atomic mass is 19.1. The summed E-state index contributed by atoms with van der Waals surface area (Å²) in [4.78, 5) is 20.2. The topological polar surface area (TPSA) is 78.0 Å². The normalized spacial score (nSPS) is 15.3. The van der Waals surface area contributed by atoms with Crippen molar-refractivity contribution >= 4 is 16.9 Å². The van der Waals surface area contributed by atoms with E-state index >= 15 is 0 Å². The Morgan fingerprint density at radius 1 is 1.17 bits per heavy atom. The van der Waals surface area contributed by atoms with Crippen molar-refractivity contribution in [3.05, 3.63) is 59.2 Å². The molecule has 1 aliphatic rings. The van der Waals surface area contributed by atoms with Crippen molar-refractivity contribution < 1.29 is 14.3 Å². The highest BCUT2D eigenvalue weighted by molar-refractivity contribution is 5.97. The summed E-state index contributed by atoms with van der Waals surface area (Å²) in [6.07, 6.45) is 7.77. The van der Waals surface area contributed by atoms with E-state index in [1.54, 1.807) is 30.3 Å². The van der Waals surface area contributed by atoms with Crippen LogP contribution in [0.5, 0.6) is 5.75 Å². The van der Waals surface area contributed by atoms with Crippen LogP contribution in [0.3, 0.4) is 0 Å². The summed E-state index contributed by atoms with van der Waals surface area (Å²) in [5.74, 6) is 0.104. The average Bonchev–Trinajstić information content (AvgIpc) is 2.93. The molecule has 0 unspecified atom stereocenters. The lowest BCUT2D eigenvalue weighted by molar-refractivity contribution is 0.0946. The molecule has 152 valence electrons. The molecule has 0 bridgehead atoms. The molecule has 1 aromatic heterocycles. The van der Waals surface area contributed by atoms with Gasteiger partial charge < -0.3 is 15.4 Å². The number of imidazole rings is 1. The third-order valence-corrected chi connectivity index (χ3v) is 5.75. The van der Waals surface area contributed by atoms with Crippen LogP contribution in [0.2, 0.25) is 0 Å². The number of nitrogens with zero attached hydrogens (tertiary/aromatic N) is 1. The summed E-state index contributed by atoms with van der Waals surface area (Å²) in [5, 5.41) is 12.9. The number of halogens is 1. The number of hydrogen-bond donors (Lipinski definition) is 3. The van der Waals surface area contributed by atoms with Crippen LogP contribution >= 0.6 is 0 Å². The van der Waals surface area contributed by atoms with Crippen molar-refractivity contribution in [3.8, 4) is 5.75 Å². The van der Waals surface area contributed by atoms with Gasteiger partial charge in [0.15, 0.2) is 11.6 Å². The van der Waals surface area contributed by atoms with Gasteiger partial charge in [0.25, 0.3) is 5.91 Å². The second kappa shape index (κ2) is 8.64. The smallest absolute Gasteiger partial charge is 0.251 e. The first-order chi connectivity index (χ1) is 14.1. The van der Waals surface area contributed by atoms with E-state index in [9.17, 15) is 14.3 Å². The number of para-hydroxylation sites is 1. The van der Waals surface area contributed by atoms with Crippen LogP contribution in [-0.4, -0.2) is 27.5 Å². The molecule has 1 amide bonds. The first-order valence-corrected chi connectivity index (χ1v) is 10.3. The van der Waals surface area contributed by atoms with E-state index in [4.69, 9.17) is 0 Å². The number of carbonyl (C=O) groups excluding carboxylic acids is 1. The van der Waals surface area contributed by atoms with Crippen LogP contribution in [0, 0.1) is 11.7 Å². The number of aromatic nitrogens is 2. The summed E-state index contributed by atoms with van der Waals surface area (Å²) < 4.78 is 13.5. The van der Waals surface area contributed by atoms with Crippen LogP contribution in [-0.2, 0) is 6.42 Å². The maximum Gasteiger partial charge on any atom is 0.251 e. The molecule has 1 aliphatic carbocycles. The maximum absolute atomic E-state index is 13.5. The zero-order valence-electron chi connectivity index (χ0n) is 16.4. The van der Waals surface area contributed by atoms with Crippen molar-refractivity contribution in [2.24, 2.45) is 5.92 Å². The molecular formula is C23H26FN3O2. The molecule has 29 heavy (non-hydrogen) atoms. The third-order valence-electron chi connectivity index (χ3n) is 5.75. The van der Waals surface area contributed by atoms with Gasteiger partial charge in [-0.25, -0.2) is 9.37 Å². The van der Waals surface area contributed by atoms with Crippen molar-refractivity contribution in [2.75, 3.05) is 6.54 Å². The molecule has 3 aromatic rings. The standard InChI is InChI=1S/C23H26FN3O2/c24-18-9-5-8-16(22(18)28)13-21-26-19-11-10-17(12-20(19)27-21)23(29)25-14-15-6-3-1-2-4-7-15/h5,8-12,15,28H,1-4,6-7,13-14H2,(H,25,29)(H,26,27). The predicted octanol–water partition coefficient (Wildman–Crippen LogP) is 4.70. The minimum atomic E-state index is -0.647. The number of rotatable bonds is 5. The predicted molar refractivity (Wildman–Crippen MR) is 110 cm³/mol. The fourth-order valence-electron chi connectivity index (χ4n) is 4.08. The van der Waals surface area contributed by atoms with Gasteiger partial charge in [-0.05, 0) is 43.0 Å². The number of H-pyrrole nitrogens is 1. The highest BCUT2D eigenvalue weighted by Gasteiger charge is 2.15. The zero-order valence-corrected chi connectivity index (χ0v) is 16.4. The molecular weight excluding hydrogens is 369 g/mol. The average molecular weight is 395 g/mol. The van der Waals surface area contributed by atoms with Gasteiger partial charge in [-0.1, -0.05) is 37.8 Å². The van der Waals surface area contributed by atoms with E-state index in [2.05, 4.69) is 15.3 Å². The van der Waals surface area contributed by atoms with Crippen molar-refractivity contribution in [1.29, 1.82) is 0 Å². The van der Waals surface area contributed by atoms with Crippen LogP contribution < -0.4 is 5.32 Å². The van der Waals surface area contributed by atoms with Gasteiger partial charge in [-0.15, -0.1) is 0 Å². The quantitative estimate of drug-likeness (QED) is 0.548. The Hall–Kier alpha value is -2.89. The number of hydrogen-bond acceptors (Lipinski definition) is 3. The molecule has 1 fully saturated rings. The maximum atomic E-state index is 13.5. The van der Waals surface area contributed by atoms with Gasteiger partial charge in [-0.3, -0.25) is 4.79 Å². The first-order valence-electron chi connectivity index (χ1n) is 10.3. The number of aromatic amines is 1. The number of phenols is 1. The molecule has 1 heterocycles. The minimum Gasteiger partial charge on any atom is -0.505 e. The Morgan fingerprint density at radius 3 is 2.76 bits per heavy atom. The number of aromatic hydroxyl groups is 1. The van der Waals surface area contributed by atoms with Gasteiger partial charge in [0.1, 0.15) is 5.82 Å². The number of fused-ring (bicyclic) bond motifs is 1. The van der Waals surface area contributed by atoms with E-state index in [0.717, 1.165) is 17.6 Å². The summed E-state index contributed by atoms with van der Waals surface area (Å²) in [6.45, 7) is 0.726. The molecule has 5 nitrogen and oxygen atoms in total. The first kappa shape index (κ1) is 19.4. The highest BCUT2D eigenvalue weighted by Crippen LogP contribution is 2.24. The van der Waals surface area contributed by atoms with E-state index in [1.807, 2.05) is 0 Å². The fourth-order valence-corrected chi connectivity index (χ4v) is 4.08. The number of amides is 1. The van der Waals surface area contributed by atoms with Crippen LogP contribution in [0.25, 0.3) is 11.0 Å². The molecule has 4 rings (SSSR count). The molecule has 6 heteroatoms. The summed E-state index contributed by atoms with van der Waals surface area (Å²) in [7, 11) is 0. The summed E-state index contributed by atoms with van der Waals surface area (Å²) in [6, 6.07) is 9.81. The molecule has 0 aliphatic heterocycles. The third kappa shape index (κ3) is 4.58. The summed E-state index contributed by atoms with van der Waals surface area (Å²) >= 11 is 0. The second-order valence-corrected chi connectivity index (χ2v) is 7.91. The largest absolute Gasteiger partial charge is 0.505 e. The van der Waals surface area contributed by atoms with Gasteiger partial charge >= 0.3 is 0 Å². The Bertz CT molecular complexity index is 1010. The number of carbonyl (C=O) groups is 1. The zero-order chi connectivity index (χ0) is 20.2. The number of benzene rings is 2. The van der Waals surface area contributed by atoms with Crippen molar-refractivity contribution in [3.63, 3.8) is 0 Å². The van der Waals surface area contributed by atoms with Crippen LogP contribution in [0.15, 0.2) is 36.4 Å². The summed E-state index contributed by atoms with van der Waals surface area (Å²) in [5.41, 5.74) is 2.54. The van der Waals surface area contributed by atoms with Crippen LogP contribution in [0.1, 0.15) is 60.3 Å². The Labute approximate surface area is 169 Å². The van der Waals surface area contributed by atoms with Gasteiger partial charge in [0, 0.05) is 24.1 Å². The van der Waals surface area contributed by atoms with E-state index in [-0.39, 0.29) is 18.1 Å². The Morgan fingerprint density at radius 2 is 1.97 bits per heavy atom. The minimum absolute atomic E-state index is 0.0740. The lowest BCUT2D eigenvalue weighted by Crippen LogP contribution is -2.29. The fraction of sp³-hybridized carbons (Fsp3) is 0.391. The van der Waals surface area contributed by atoms with Gasteiger partial charge in [0.2, 0.25) is 0 Å². The number of phenolic OH excluding ortho intramolecular Hbond substituents is 1. The molecule has 0 saturated heterocycles. The lowest BCUT2D eigenvalue weighted by Gasteiger charge is -2.14. The van der Waals surface area contributed by atoms with E-state index in [1.165, 1.54) is 44.6 Å². The monoisotopic (exact) mass is 395 g/mol. The Kier molecular flexibility index (Phi) is 5.79. The molecule has 1 saturated carbocycles. The van der Waals surface area contributed by atoms with Crippen molar-refractivity contribution in [2.45, 2.75) is 44.9 Å². The molecule has 0 atom stereocenters. The molecule has 0 spiro atoms. The second-order valence-electron chi connectivity index (χ2n) is 7.91. The Balaban J connectivity index is 1.45. The number of nitrogens with one attached hydrogen (secondary N) is 2. The molecule has 2 aromatic carbocycles. The van der Waals surface area contributed by atoms with Gasteiger partial charge in [-0.2, -0.15) is 0 Å². The van der Waals surface area contributed by atoms with Crippen molar-refractivity contribution in [1.82, 2.24) is 15.3 Å². The van der Waals surface area contributed by atoms with E-state index in [0.29, 0.717) is 22.9 Å². The molecule has 0 radical (unpaired) electrons. The van der Waals surface area contributed by atoms with Crippen LogP contribution in [0.4, 0.5) is 4.39 Å². The molecule has 3 N–H and O–H groups in total. The lowest BCUT2D eigenvalue weighted by atomic mass is 10.0. The van der Waals surface area contributed by atoms with Gasteiger partial charge in [0.05, 0.1) is 11.0 Å². The van der Waals surface area contributed by atoms with E-state index < -0.39 is 5.82 Å².